The van der Waals surface area contributed by atoms with Crippen LogP contribution in [-0.2, 0) is 10.5 Å². The SMILES string of the molecule is COC(=O)c1ccoc1CSc1cccc(C(=O)O)c1. The van der Waals surface area contributed by atoms with Gasteiger partial charge in [0.2, 0.25) is 0 Å². The Kier molecular flexibility index (Phi) is 4.47. The van der Waals surface area contributed by atoms with Gasteiger partial charge in [-0.1, -0.05) is 6.07 Å². The average Bonchev–Trinajstić information content (AvgIpc) is 2.93. The number of hydrogen-bond acceptors (Lipinski definition) is 5. The van der Waals surface area contributed by atoms with Crippen LogP contribution in [0.4, 0.5) is 0 Å². The molecule has 0 unspecified atom stereocenters. The van der Waals surface area contributed by atoms with Crippen molar-refractivity contribution in [1.82, 2.24) is 0 Å². The highest BCUT2D eigenvalue weighted by atomic mass is 32.2. The Morgan fingerprint density at radius 2 is 2.15 bits per heavy atom. The van der Waals surface area contributed by atoms with Crippen molar-refractivity contribution in [3.8, 4) is 0 Å². The second-order valence-electron chi connectivity index (χ2n) is 3.87. The van der Waals surface area contributed by atoms with Gasteiger partial charge >= 0.3 is 11.9 Å². The van der Waals surface area contributed by atoms with Crippen molar-refractivity contribution >= 4 is 23.7 Å². The molecular formula is C14H12O5S. The number of methoxy groups -OCH3 is 1. The topological polar surface area (TPSA) is 76.7 Å². The third-order valence-corrected chi connectivity index (χ3v) is 3.60. The molecule has 104 valence electrons. The molecule has 1 N–H and O–H groups in total. The van der Waals surface area contributed by atoms with Crippen LogP contribution >= 0.6 is 11.8 Å². The zero-order chi connectivity index (χ0) is 14.5. The lowest BCUT2D eigenvalue weighted by Gasteiger charge is -2.03. The molecule has 0 fully saturated rings. The Morgan fingerprint density at radius 1 is 1.35 bits per heavy atom. The van der Waals surface area contributed by atoms with Gasteiger partial charge in [0, 0.05) is 4.90 Å². The van der Waals surface area contributed by atoms with Crippen LogP contribution in [0.1, 0.15) is 26.5 Å². The molecule has 0 radical (unpaired) electrons. The van der Waals surface area contributed by atoms with E-state index in [9.17, 15) is 9.59 Å². The maximum Gasteiger partial charge on any atom is 0.341 e. The Bertz CT molecular complexity index is 632. The molecule has 0 aliphatic heterocycles. The minimum absolute atomic E-state index is 0.225. The number of furan rings is 1. The Labute approximate surface area is 119 Å². The van der Waals surface area contributed by atoms with Crippen molar-refractivity contribution < 1.29 is 23.8 Å². The predicted molar refractivity (Wildman–Crippen MR) is 73.0 cm³/mol. The summed E-state index contributed by atoms with van der Waals surface area (Å²) in [5.41, 5.74) is 0.608. The fraction of sp³-hybridized carbons (Fsp3) is 0.143. The smallest absolute Gasteiger partial charge is 0.341 e. The van der Waals surface area contributed by atoms with Gasteiger partial charge in [-0.25, -0.2) is 9.59 Å². The molecule has 1 aromatic heterocycles. The summed E-state index contributed by atoms with van der Waals surface area (Å²) in [5.74, 6) is -0.502. The molecule has 0 bridgehead atoms. The van der Waals surface area contributed by atoms with Crippen molar-refractivity contribution in [2.24, 2.45) is 0 Å². The Balaban J connectivity index is 2.09. The molecule has 0 aliphatic carbocycles. The highest BCUT2D eigenvalue weighted by molar-refractivity contribution is 7.98. The van der Waals surface area contributed by atoms with Gasteiger partial charge in [-0.3, -0.25) is 0 Å². The summed E-state index contributed by atoms with van der Waals surface area (Å²) >= 11 is 1.39. The van der Waals surface area contributed by atoms with E-state index in [1.807, 2.05) is 0 Å². The van der Waals surface area contributed by atoms with E-state index in [2.05, 4.69) is 4.74 Å². The quantitative estimate of drug-likeness (QED) is 0.674. The van der Waals surface area contributed by atoms with E-state index in [-0.39, 0.29) is 5.56 Å². The molecule has 0 amide bonds. The number of rotatable bonds is 5. The zero-order valence-corrected chi connectivity index (χ0v) is 11.5. The van der Waals surface area contributed by atoms with Crippen LogP contribution in [-0.4, -0.2) is 24.2 Å². The van der Waals surface area contributed by atoms with Crippen molar-refractivity contribution in [3.63, 3.8) is 0 Å². The van der Waals surface area contributed by atoms with Crippen LogP contribution in [0.15, 0.2) is 45.9 Å². The van der Waals surface area contributed by atoms with E-state index in [4.69, 9.17) is 9.52 Å². The van der Waals surface area contributed by atoms with Gasteiger partial charge in [0.25, 0.3) is 0 Å². The Hall–Kier alpha value is -2.21. The van der Waals surface area contributed by atoms with E-state index in [1.54, 1.807) is 24.3 Å². The fourth-order valence-corrected chi connectivity index (χ4v) is 2.52. The first-order chi connectivity index (χ1) is 9.61. The van der Waals surface area contributed by atoms with E-state index >= 15 is 0 Å². The zero-order valence-electron chi connectivity index (χ0n) is 10.7. The first-order valence-corrected chi connectivity index (χ1v) is 6.71. The van der Waals surface area contributed by atoms with Crippen LogP contribution < -0.4 is 0 Å². The minimum Gasteiger partial charge on any atom is -0.478 e. The van der Waals surface area contributed by atoms with Crippen molar-refractivity contribution in [2.45, 2.75) is 10.6 Å². The lowest BCUT2D eigenvalue weighted by molar-refractivity contribution is 0.0597. The maximum atomic E-state index is 11.5. The highest BCUT2D eigenvalue weighted by Crippen LogP contribution is 2.26. The number of benzene rings is 1. The first-order valence-electron chi connectivity index (χ1n) is 5.72. The number of thioether (sulfide) groups is 1. The number of carbonyl (C=O) groups excluding carboxylic acids is 1. The van der Waals surface area contributed by atoms with Crippen molar-refractivity contribution in [1.29, 1.82) is 0 Å². The number of esters is 1. The van der Waals surface area contributed by atoms with Gasteiger partial charge in [-0.15, -0.1) is 11.8 Å². The summed E-state index contributed by atoms with van der Waals surface area (Å²) in [6.07, 6.45) is 1.43. The van der Waals surface area contributed by atoms with Gasteiger partial charge in [-0.2, -0.15) is 0 Å². The second-order valence-corrected chi connectivity index (χ2v) is 4.92. The molecule has 0 aliphatic rings. The summed E-state index contributed by atoms with van der Waals surface area (Å²) in [6, 6.07) is 8.13. The lowest BCUT2D eigenvalue weighted by Crippen LogP contribution is -2.02. The summed E-state index contributed by atoms with van der Waals surface area (Å²) in [4.78, 5) is 23.1. The molecule has 0 saturated carbocycles. The third kappa shape index (κ3) is 3.21. The summed E-state index contributed by atoms with van der Waals surface area (Å²) < 4.78 is 9.90. The van der Waals surface area contributed by atoms with Gasteiger partial charge in [-0.05, 0) is 24.3 Å². The molecule has 0 atom stereocenters. The van der Waals surface area contributed by atoms with Gasteiger partial charge in [0.05, 0.1) is 24.7 Å². The van der Waals surface area contributed by atoms with Gasteiger partial charge in [0.1, 0.15) is 11.3 Å². The van der Waals surface area contributed by atoms with Crippen LogP contribution in [0.3, 0.4) is 0 Å². The molecule has 5 nitrogen and oxygen atoms in total. The van der Waals surface area contributed by atoms with E-state index in [1.165, 1.54) is 31.2 Å². The van der Waals surface area contributed by atoms with Crippen LogP contribution in [0.5, 0.6) is 0 Å². The molecule has 20 heavy (non-hydrogen) atoms. The number of carboxylic acid groups (broad SMARTS) is 1. The van der Waals surface area contributed by atoms with E-state index < -0.39 is 11.9 Å². The standard InChI is InChI=1S/C14H12O5S/c1-18-14(17)11-5-6-19-12(11)8-20-10-4-2-3-9(7-10)13(15)16/h2-7H,8H2,1H3,(H,15,16). The van der Waals surface area contributed by atoms with Gasteiger partial charge < -0.3 is 14.3 Å². The third-order valence-electron chi connectivity index (χ3n) is 2.60. The van der Waals surface area contributed by atoms with Crippen LogP contribution in [0.25, 0.3) is 0 Å². The number of hydrogen-bond donors (Lipinski definition) is 1. The van der Waals surface area contributed by atoms with Crippen LogP contribution in [0, 0.1) is 0 Å². The number of carbonyl (C=O) groups is 2. The minimum atomic E-state index is -0.972. The number of carboxylic acids is 1. The highest BCUT2D eigenvalue weighted by Gasteiger charge is 2.15. The summed E-state index contributed by atoms with van der Waals surface area (Å²) in [6.45, 7) is 0. The van der Waals surface area contributed by atoms with E-state index in [0.29, 0.717) is 17.1 Å². The van der Waals surface area contributed by atoms with Crippen LogP contribution in [0.2, 0.25) is 0 Å². The summed E-state index contributed by atoms with van der Waals surface area (Å²) in [7, 11) is 1.31. The van der Waals surface area contributed by atoms with Crippen molar-refractivity contribution in [3.05, 3.63) is 53.5 Å². The van der Waals surface area contributed by atoms with Gasteiger partial charge in [0.15, 0.2) is 0 Å². The Morgan fingerprint density at radius 3 is 2.85 bits per heavy atom. The maximum absolute atomic E-state index is 11.5. The monoisotopic (exact) mass is 292 g/mol. The molecule has 2 rings (SSSR count). The predicted octanol–water partition coefficient (Wildman–Crippen LogP) is 3.06. The summed E-state index contributed by atoms with van der Waals surface area (Å²) in [5, 5.41) is 8.92. The van der Waals surface area contributed by atoms with E-state index in [0.717, 1.165) is 4.90 Å². The average molecular weight is 292 g/mol. The molecule has 0 spiro atoms. The number of aromatic carboxylic acids is 1. The molecule has 1 aromatic carbocycles. The fourth-order valence-electron chi connectivity index (χ4n) is 1.61. The molecule has 6 heteroatoms. The van der Waals surface area contributed by atoms with Crippen molar-refractivity contribution in [2.75, 3.05) is 7.11 Å². The number of ether oxygens (including phenoxy) is 1. The molecular weight excluding hydrogens is 280 g/mol. The molecule has 0 saturated heterocycles. The lowest BCUT2D eigenvalue weighted by atomic mass is 10.2. The molecule has 2 aromatic rings. The molecule has 1 heterocycles. The first kappa shape index (κ1) is 14.2. The largest absolute Gasteiger partial charge is 0.478 e. The second kappa shape index (κ2) is 6.29. The normalized spacial score (nSPS) is 10.2.